The van der Waals surface area contributed by atoms with Crippen molar-refractivity contribution in [3.05, 3.63) is 0 Å². The number of carbonyl (C=O) groups is 2. The second kappa shape index (κ2) is 7.19. The number of rotatable bonds is 7. The molecule has 0 rings (SSSR count). The van der Waals surface area contributed by atoms with Crippen LogP contribution in [-0.4, -0.2) is 43.7 Å². The van der Waals surface area contributed by atoms with E-state index < -0.39 is 5.91 Å². The first-order chi connectivity index (χ1) is 7.31. The van der Waals surface area contributed by atoms with Crippen LogP contribution < -0.4 is 16.4 Å². The third-order valence-corrected chi connectivity index (χ3v) is 1.47. The van der Waals surface area contributed by atoms with Gasteiger partial charge < -0.3 is 21.1 Å². The summed E-state index contributed by atoms with van der Waals surface area (Å²) < 4.78 is 4.91. The van der Waals surface area contributed by atoms with E-state index in [1.54, 1.807) is 0 Å². The minimum Gasteiger partial charge on any atom is -0.370 e. The number of ether oxygens (including phenoxy) is 1. The molecule has 0 atom stereocenters. The molecule has 0 aromatic carbocycles. The van der Waals surface area contributed by atoms with Crippen LogP contribution >= 0.6 is 0 Å². The molecular weight excluding hydrogens is 210 g/mol. The maximum Gasteiger partial charge on any atom is 0.243 e. The first kappa shape index (κ1) is 14.9. The van der Waals surface area contributed by atoms with E-state index in [1.807, 2.05) is 20.8 Å². The lowest BCUT2D eigenvalue weighted by molar-refractivity contribution is -0.123. The first-order valence-corrected chi connectivity index (χ1v) is 5.19. The molecule has 2 amide bonds. The largest absolute Gasteiger partial charge is 0.370 e. The van der Waals surface area contributed by atoms with Crippen LogP contribution in [0.25, 0.3) is 0 Å². The maximum atomic E-state index is 11.3. The highest BCUT2D eigenvalue weighted by Crippen LogP contribution is 1.96. The standard InChI is InChI=1S/C10H21N3O3/c1-10(2,3)13-9(15)6-12-4-5-16-7-8(11)14/h12H,4-7H2,1-3H3,(H2,11,14)(H,13,15). The lowest BCUT2D eigenvalue weighted by Gasteiger charge is -2.20. The van der Waals surface area contributed by atoms with Crippen molar-refractivity contribution in [1.29, 1.82) is 0 Å². The number of nitrogens with one attached hydrogen (secondary N) is 2. The van der Waals surface area contributed by atoms with Crippen molar-refractivity contribution < 1.29 is 14.3 Å². The average Bonchev–Trinajstić information content (AvgIpc) is 2.07. The Morgan fingerprint density at radius 2 is 1.94 bits per heavy atom. The highest BCUT2D eigenvalue weighted by Gasteiger charge is 2.12. The quantitative estimate of drug-likeness (QED) is 0.490. The van der Waals surface area contributed by atoms with Gasteiger partial charge in [0, 0.05) is 12.1 Å². The molecule has 4 N–H and O–H groups in total. The van der Waals surface area contributed by atoms with Crippen molar-refractivity contribution in [1.82, 2.24) is 10.6 Å². The molecule has 0 saturated heterocycles. The fourth-order valence-electron chi connectivity index (χ4n) is 0.981. The predicted molar refractivity (Wildman–Crippen MR) is 60.8 cm³/mol. The molecular formula is C10H21N3O3. The summed E-state index contributed by atoms with van der Waals surface area (Å²) in [6.07, 6.45) is 0. The molecule has 94 valence electrons. The summed E-state index contributed by atoms with van der Waals surface area (Å²) in [4.78, 5) is 21.6. The van der Waals surface area contributed by atoms with Crippen molar-refractivity contribution in [2.45, 2.75) is 26.3 Å². The molecule has 6 nitrogen and oxygen atoms in total. The van der Waals surface area contributed by atoms with Crippen LogP contribution in [0.5, 0.6) is 0 Å². The number of amides is 2. The lowest BCUT2D eigenvalue weighted by Crippen LogP contribution is -2.45. The van der Waals surface area contributed by atoms with Crippen molar-refractivity contribution in [2.75, 3.05) is 26.3 Å². The summed E-state index contributed by atoms with van der Waals surface area (Å²) >= 11 is 0. The summed E-state index contributed by atoms with van der Waals surface area (Å²) in [7, 11) is 0. The van der Waals surface area contributed by atoms with E-state index >= 15 is 0 Å². The van der Waals surface area contributed by atoms with Gasteiger partial charge in [-0.25, -0.2) is 0 Å². The van der Waals surface area contributed by atoms with Gasteiger partial charge in [-0.3, -0.25) is 9.59 Å². The number of carbonyl (C=O) groups excluding carboxylic acids is 2. The van der Waals surface area contributed by atoms with Gasteiger partial charge in [0.05, 0.1) is 13.2 Å². The summed E-state index contributed by atoms with van der Waals surface area (Å²) in [6, 6.07) is 0. The molecule has 0 heterocycles. The van der Waals surface area contributed by atoms with E-state index in [1.165, 1.54) is 0 Å². The Morgan fingerprint density at radius 3 is 2.44 bits per heavy atom. The van der Waals surface area contributed by atoms with Crippen LogP contribution in [-0.2, 0) is 14.3 Å². The zero-order valence-electron chi connectivity index (χ0n) is 10.1. The molecule has 0 aromatic heterocycles. The topological polar surface area (TPSA) is 93.4 Å². The predicted octanol–water partition coefficient (Wildman–Crippen LogP) is -1.01. The second-order valence-electron chi connectivity index (χ2n) is 4.49. The minimum atomic E-state index is -0.495. The number of primary amides is 1. The Morgan fingerprint density at radius 1 is 1.31 bits per heavy atom. The smallest absolute Gasteiger partial charge is 0.243 e. The molecule has 0 aliphatic carbocycles. The molecule has 0 aliphatic rings. The summed E-state index contributed by atoms with van der Waals surface area (Å²) in [5.41, 5.74) is 4.66. The molecule has 0 spiro atoms. The second-order valence-corrected chi connectivity index (χ2v) is 4.49. The van der Waals surface area contributed by atoms with Gasteiger partial charge in [-0.15, -0.1) is 0 Å². The Labute approximate surface area is 95.9 Å². The molecule has 0 unspecified atom stereocenters. The Bertz CT molecular complexity index is 236. The Kier molecular flexibility index (Phi) is 6.67. The van der Waals surface area contributed by atoms with Crippen molar-refractivity contribution >= 4 is 11.8 Å². The van der Waals surface area contributed by atoms with Crippen LogP contribution in [0.4, 0.5) is 0 Å². The van der Waals surface area contributed by atoms with Crippen molar-refractivity contribution in [3.63, 3.8) is 0 Å². The van der Waals surface area contributed by atoms with E-state index in [0.29, 0.717) is 13.2 Å². The van der Waals surface area contributed by atoms with E-state index in [-0.39, 0.29) is 24.6 Å². The summed E-state index contributed by atoms with van der Waals surface area (Å²) in [6.45, 7) is 6.76. The number of hydrogen-bond acceptors (Lipinski definition) is 4. The van der Waals surface area contributed by atoms with Crippen LogP contribution in [0.3, 0.4) is 0 Å². The van der Waals surface area contributed by atoms with Crippen LogP contribution in [0.2, 0.25) is 0 Å². The van der Waals surface area contributed by atoms with E-state index in [2.05, 4.69) is 10.6 Å². The number of hydrogen-bond donors (Lipinski definition) is 3. The summed E-state index contributed by atoms with van der Waals surface area (Å²) in [5, 5.41) is 5.70. The molecule has 6 heteroatoms. The third kappa shape index (κ3) is 10.9. The lowest BCUT2D eigenvalue weighted by atomic mass is 10.1. The Balaban J connectivity index is 3.38. The molecule has 0 aromatic rings. The highest BCUT2D eigenvalue weighted by molar-refractivity contribution is 5.78. The molecule has 0 saturated carbocycles. The minimum absolute atomic E-state index is 0.0672. The fraction of sp³-hybridized carbons (Fsp3) is 0.800. The third-order valence-electron chi connectivity index (χ3n) is 1.47. The normalized spacial score (nSPS) is 11.2. The zero-order valence-corrected chi connectivity index (χ0v) is 10.1. The van der Waals surface area contributed by atoms with Gasteiger partial charge >= 0.3 is 0 Å². The van der Waals surface area contributed by atoms with Gasteiger partial charge in [0.2, 0.25) is 11.8 Å². The highest BCUT2D eigenvalue weighted by atomic mass is 16.5. The summed E-state index contributed by atoms with van der Waals surface area (Å²) in [5.74, 6) is -0.562. The average molecular weight is 231 g/mol. The van der Waals surface area contributed by atoms with Crippen LogP contribution in [0, 0.1) is 0 Å². The first-order valence-electron chi connectivity index (χ1n) is 5.19. The van der Waals surface area contributed by atoms with Gasteiger partial charge in [0.15, 0.2) is 0 Å². The van der Waals surface area contributed by atoms with Gasteiger partial charge in [-0.1, -0.05) is 0 Å². The number of nitrogens with two attached hydrogens (primary N) is 1. The van der Waals surface area contributed by atoms with Crippen molar-refractivity contribution in [2.24, 2.45) is 5.73 Å². The molecule has 0 bridgehead atoms. The van der Waals surface area contributed by atoms with Gasteiger partial charge in [0.25, 0.3) is 0 Å². The van der Waals surface area contributed by atoms with Gasteiger partial charge in [-0.2, -0.15) is 0 Å². The molecule has 0 fully saturated rings. The zero-order chi connectivity index (χ0) is 12.6. The van der Waals surface area contributed by atoms with E-state index in [0.717, 1.165) is 0 Å². The maximum absolute atomic E-state index is 11.3. The van der Waals surface area contributed by atoms with E-state index in [9.17, 15) is 9.59 Å². The van der Waals surface area contributed by atoms with Crippen LogP contribution in [0.15, 0.2) is 0 Å². The molecule has 16 heavy (non-hydrogen) atoms. The van der Waals surface area contributed by atoms with Gasteiger partial charge in [-0.05, 0) is 20.8 Å². The monoisotopic (exact) mass is 231 g/mol. The van der Waals surface area contributed by atoms with Crippen molar-refractivity contribution in [3.8, 4) is 0 Å². The van der Waals surface area contributed by atoms with Crippen LogP contribution in [0.1, 0.15) is 20.8 Å². The SMILES string of the molecule is CC(C)(C)NC(=O)CNCCOCC(N)=O. The molecule has 0 aliphatic heterocycles. The molecule has 0 radical (unpaired) electrons. The van der Waals surface area contributed by atoms with E-state index in [4.69, 9.17) is 10.5 Å². The Hall–Kier alpha value is -1.14. The van der Waals surface area contributed by atoms with Gasteiger partial charge in [0.1, 0.15) is 6.61 Å². The fourth-order valence-corrected chi connectivity index (χ4v) is 0.981.